The molecule has 3 rings (SSSR count). The lowest BCUT2D eigenvalue weighted by molar-refractivity contribution is -0.116. The Bertz CT molecular complexity index is 274. The van der Waals surface area contributed by atoms with Gasteiger partial charge in [0.1, 0.15) is 0 Å². The second-order valence-corrected chi connectivity index (χ2v) is 6.03. The van der Waals surface area contributed by atoms with Gasteiger partial charge in [-0.15, -0.1) is 0 Å². The van der Waals surface area contributed by atoms with E-state index in [9.17, 15) is 5.11 Å². The first-order chi connectivity index (χ1) is 8.83. The summed E-state index contributed by atoms with van der Waals surface area (Å²) >= 11 is 0. The second-order valence-electron chi connectivity index (χ2n) is 6.03. The van der Waals surface area contributed by atoms with Gasteiger partial charge in [-0.05, 0) is 25.7 Å². The maximum absolute atomic E-state index is 9.30. The Labute approximate surface area is 109 Å². The van der Waals surface area contributed by atoms with Crippen molar-refractivity contribution in [1.29, 1.82) is 0 Å². The first kappa shape index (κ1) is 12.9. The molecular formula is C14H25NO3. The molecule has 1 saturated carbocycles. The second kappa shape index (κ2) is 5.45. The average Bonchev–Trinajstić information content (AvgIpc) is 2.74. The van der Waals surface area contributed by atoms with Crippen LogP contribution in [0, 0.1) is 0 Å². The van der Waals surface area contributed by atoms with E-state index in [0.717, 1.165) is 45.6 Å². The van der Waals surface area contributed by atoms with Crippen LogP contribution in [0.25, 0.3) is 0 Å². The summed E-state index contributed by atoms with van der Waals surface area (Å²) in [6, 6.07) is 1.29. The summed E-state index contributed by atoms with van der Waals surface area (Å²) in [5, 5.41) is 9.30. The van der Waals surface area contributed by atoms with Crippen molar-refractivity contribution in [2.45, 2.75) is 56.2 Å². The number of ether oxygens (including phenoxy) is 2. The zero-order chi connectivity index (χ0) is 12.4. The van der Waals surface area contributed by atoms with Gasteiger partial charge in [0.15, 0.2) is 0 Å². The highest BCUT2D eigenvalue weighted by Crippen LogP contribution is 2.37. The normalized spacial score (nSPS) is 37.3. The highest BCUT2D eigenvalue weighted by atomic mass is 16.6. The van der Waals surface area contributed by atoms with Crippen LogP contribution in [0.5, 0.6) is 0 Å². The van der Waals surface area contributed by atoms with Gasteiger partial charge >= 0.3 is 0 Å². The minimum atomic E-state index is -0.0135. The number of rotatable bonds is 4. The third-order valence-corrected chi connectivity index (χ3v) is 4.91. The van der Waals surface area contributed by atoms with Crippen molar-refractivity contribution in [2.24, 2.45) is 0 Å². The topological polar surface area (TPSA) is 41.9 Å². The minimum Gasteiger partial charge on any atom is -0.395 e. The fourth-order valence-corrected chi connectivity index (χ4v) is 3.65. The molecule has 2 heterocycles. The van der Waals surface area contributed by atoms with Crippen LogP contribution in [-0.4, -0.2) is 60.7 Å². The van der Waals surface area contributed by atoms with E-state index in [-0.39, 0.29) is 12.2 Å². The third kappa shape index (κ3) is 2.44. The monoisotopic (exact) mass is 255 g/mol. The van der Waals surface area contributed by atoms with Crippen LogP contribution < -0.4 is 0 Å². The standard InChI is InChI=1S/C14H25NO3/c16-7-6-15(12-2-1-3-12)13-4-8-18-14(10-13)5-9-17-11-14/h12-13,16H,1-11H2. The van der Waals surface area contributed by atoms with Gasteiger partial charge in [-0.3, -0.25) is 4.90 Å². The molecule has 1 N–H and O–H groups in total. The van der Waals surface area contributed by atoms with E-state index >= 15 is 0 Å². The van der Waals surface area contributed by atoms with E-state index in [1.807, 2.05) is 0 Å². The predicted octanol–water partition coefficient (Wildman–Crippen LogP) is 1.17. The fraction of sp³-hybridized carbons (Fsp3) is 1.00. The lowest BCUT2D eigenvalue weighted by atomic mass is 9.84. The zero-order valence-corrected chi connectivity index (χ0v) is 11.1. The van der Waals surface area contributed by atoms with Crippen molar-refractivity contribution in [3.63, 3.8) is 0 Å². The molecule has 0 radical (unpaired) electrons. The molecule has 1 aliphatic carbocycles. The molecule has 1 spiro atoms. The van der Waals surface area contributed by atoms with Gasteiger partial charge in [0.2, 0.25) is 0 Å². The Kier molecular flexibility index (Phi) is 3.89. The quantitative estimate of drug-likeness (QED) is 0.819. The maximum Gasteiger partial charge on any atom is 0.0951 e. The lowest BCUT2D eigenvalue weighted by Crippen LogP contribution is -2.54. The molecule has 3 fully saturated rings. The van der Waals surface area contributed by atoms with Crippen LogP contribution in [0.4, 0.5) is 0 Å². The van der Waals surface area contributed by atoms with Crippen molar-refractivity contribution in [3.05, 3.63) is 0 Å². The summed E-state index contributed by atoms with van der Waals surface area (Å²) in [7, 11) is 0. The molecule has 0 aromatic rings. The summed E-state index contributed by atoms with van der Waals surface area (Å²) in [5.41, 5.74) is -0.0135. The van der Waals surface area contributed by atoms with Gasteiger partial charge in [0, 0.05) is 38.3 Å². The van der Waals surface area contributed by atoms with E-state index in [1.165, 1.54) is 19.3 Å². The van der Waals surface area contributed by atoms with Crippen LogP contribution in [0.15, 0.2) is 0 Å². The number of nitrogens with zero attached hydrogens (tertiary/aromatic N) is 1. The van der Waals surface area contributed by atoms with Crippen LogP contribution in [0.1, 0.15) is 38.5 Å². The molecule has 2 atom stereocenters. The molecule has 104 valence electrons. The van der Waals surface area contributed by atoms with Gasteiger partial charge in [-0.1, -0.05) is 6.42 Å². The van der Waals surface area contributed by atoms with Gasteiger partial charge in [-0.2, -0.15) is 0 Å². The highest BCUT2D eigenvalue weighted by Gasteiger charge is 2.43. The van der Waals surface area contributed by atoms with Gasteiger partial charge in [0.25, 0.3) is 0 Å². The molecule has 4 nitrogen and oxygen atoms in total. The van der Waals surface area contributed by atoms with Crippen LogP contribution in [0.2, 0.25) is 0 Å². The smallest absolute Gasteiger partial charge is 0.0951 e. The molecule has 4 heteroatoms. The molecule has 0 amide bonds. The Morgan fingerprint density at radius 3 is 2.67 bits per heavy atom. The summed E-state index contributed by atoms with van der Waals surface area (Å²) < 4.78 is 11.5. The first-order valence-corrected chi connectivity index (χ1v) is 7.41. The first-order valence-electron chi connectivity index (χ1n) is 7.41. The van der Waals surface area contributed by atoms with E-state index in [1.54, 1.807) is 0 Å². The van der Waals surface area contributed by atoms with Crippen LogP contribution >= 0.6 is 0 Å². The van der Waals surface area contributed by atoms with Crippen molar-refractivity contribution < 1.29 is 14.6 Å². The van der Waals surface area contributed by atoms with E-state index in [0.29, 0.717) is 12.1 Å². The molecule has 18 heavy (non-hydrogen) atoms. The van der Waals surface area contributed by atoms with Gasteiger partial charge in [0.05, 0.1) is 18.8 Å². The SMILES string of the molecule is OCCN(C1CCC1)C1CCOC2(CCOC2)C1. The minimum absolute atomic E-state index is 0.0135. The van der Waals surface area contributed by atoms with E-state index in [4.69, 9.17) is 9.47 Å². The Balaban J connectivity index is 1.65. The predicted molar refractivity (Wildman–Crippen MR) is 68.6 cm³/mol. The van der Waals surface area contributed by atoms with Crippen LogP contribution in [-0.2, 0) is 9.47 Å². The summed E-state index contributed by atoms with van der Waals surface area (Å²) in [5.74, 6) is 0. The fourth-order valence-electron chi connectivity index (χ4n) is 3.65. The molecular weight excluding hydrogens is 230 g/mol. The third-order valence-electron chi connectivity index (χ3n) is 4.91. The van der Waals surface area contributed by atoms with Gasteiger partial charge < -0.3 is 14.6 Å². The molecule has 2 unspecified atom stereocenters. The molecule has 2 saturated heterocycles. The van der Waals surface area contributed by atoms with E-state index < -0.39 is 0 Å². The number of hydrogen-bond donors (Lipinski definition) is 1. The highest BCUT2D eigenvalue weighted by molar-refractivity contribution is 4.96. The number of hydrogen-bond acceptors (Lipinski definition) is 4. The van der Waals surface area contributed by atoms with E-state index in [2.05, 4.69) is 4.90 Å². The van der Waals surface area contributed by atoms with Crippen molar-refractivity contribution in [3.8, 4) is 0 Å². The Morgan fingerprint density at radius 1 is 1.17 bits per heavy atom. The Morgan fingerprint density at radius 2 is 2.06 bits per heavy atom. The molecule has 0 aromatic carbocycles. The van der Waals surface area contributed by atoms with Crippen molar-refractivity contribution in [2.75, 3.05) is 33.0 Å². The van der Waals surface area contributed by atoms with Crippen molar-refractivity contribution in [1.82, 2.24) is 4.90 Å². The zero-order valence-electron chi connectivity index (χ0n) is 11.1. The summed E-state index contributed by atoms with van der Waals surface area (Å²) in [4.78, 5) is 2.55. The maximum atomic E-state index is 9.30. The lowest BCUT2D eigenvalue weighted by Gasteiger charge is -2.47. The summed E-state index contributed by atoms with van der Waals surface area (Å²) in [6.07, 6.45) is 7.20. The van der Waals surface area contributed by atoms with Crippen molar-refractivity contribution >= 4 is 0 Å². The number of aliphatic hydroxyl groups is 1. The molecule has 0 aromatic heterocycles. The molecule has 3 aliphatic rings. The Hall–Kier alpha value is -0.160. The van der Waals surface area contributed by atoms with Gasteiger partial charge in [-0.25, -0.2) is 0 Å². The largest absolute Gasteiger partial charge is 0.395 e. The molecule has 0 bridgehead atoms. The number of aliphatic hydroxyl groups excluding tert-OH is 1. The molecule has 2 aliphatic heterocycles. The van der Waals surface area contributed by atoms with Crippen LogP contribution in [0.3, 0.4) is 0 Å². The summed E-state index contributed by atoms with van der Waals surface area (Å²) in [6.45, 7) is 3.56. The average molecular weight is 255 g/mol.